The molecule has 22 heavy (non-hydrogen) atoms. The number of hydrogen-bond acceptors (Lipinski definition) is 3. The van der Waals surface area contributed by atoms with Crippen molar-refractivity contribution < 1.29 is 9.47 Å². The molecule has 0 saturated heterocycles. The van der Waals surface area contributed by atoms with Gasteiger partial charge in [0.1, 0.15) is 0 Å². The molecule has 0 bridgehead atoms. The largest absolute Gasteiger partial charge is 0.353 e. The minimum absolute atomic E-state index is 0.449. The van der Waals surface area contributed by atoms with Gasteiger partial charge in [0, 0.05) is 20.1 Å². The minimum Gasteiger partial charge on any atom is -0.353 e. The zero-order valence-electron chi connectivity index (χ0n) is 15.9. The highest BCUT2D eigenvalue weighted by Gasteiger charge is 2.33. The monoisotopic (exact) mass is 315 g/mol. The third-order valence-corrected chi connectivity index (χ3v) is 4.84. The summed E-state index contributed by atoms with van der Waals surface area (Å²) in [4.78, 5) is 0. The van der Waals surface area contributed by atoms with Crippen LogP contribution in [-0.2, 0) is 9.47 Å². The third-order valence-electron chi connectivity index (χ3n) is 4.84. The first-order valence-electron chi connectivity index (χ1n) is 9.45. The standard InChI is InChI=1S/C19H41NO2/c1-6-8-10-11-12-13-14-18(19(3,21-4)22-5)15-17-20-16-9-7-2/h18,20H,6-17H2,1-5H3. The fourth-order valence-corrected chi connectivity index (χ4v) is 2.96. The molecule has 0 saturated carbocycles. The molecule has 1 unspecified atom stereocenters. The van der Waals surface area contributed by atoms with Crippen molar-refractivity contribution in [2.75, 3.05) is 27.3 Å². The number of ether oxygens (including phenoxy) is 2. The summed E-state index contributed by atoms with van der Waals surface area (Å²) in [6.45, 7) is 8.76. The van der Waals surface area contributed by atoms with Crippen LogP contribution in [0.3, 0.4) is 0 Å². The maximum Gasteiger partial charge on any atom is 0.167 e. The van der Waals surface area contributed by atoms with Crippen molar-refractivity contribution in [1.82, 2.24) is 5.32 Å². The van der Waals surface area contributed by atoms with Crippen molar-refractivity contribution in [3.63, 3.8) is 0 Å². The summed E-state index contributed by atoms with van der Waals surface area (Å²) in [5, 5.41) is 3.54. The second-order valence-corrected chi connectivity index (χ2v) is 6.57. The molecule has 0 aromatic rings. The molecule has 3 heteroatoms. The van der Waals surface area contributed by atoms with Crippen LogP contribution < -0.4 is 5.32 Å². The van der Waals surface area contributed by atoms with Crippen LogP contribution in [0.5, 0.6) is 0 Å². The second kappa shape index (κ2) is 14.5. The van der Waals surface area contributed by atoms with E-state index < -0.39 is 5.79 Å². The van der Waals surface area contributed by atoms with Crippen LogP contribution in [0.2, 0.25) is 0 Å². The predicted molar refractivity (Wildman–Crippen MR) is 96.3 cm³/mol. The van der Waals surface area contributed by atoms with Crippen molar-refractivity contribution >= 4 is 0 Å². The molecule has 1 atom stereocenters. The molecule has 0 fully saturated rings. The number of hydrogen-bond donors (Lipinski definition) is 1. The van der Waals surface area contributed by atoms with Gasteiger partial charge >= 0.3 is 0 Å². The lowest BCUT2D eigenvalue weighted by Crippen LogP contribution is -2.40. The van der Waals surface area contributed by atoms with Gasteiger partial charge < -0.3 is 14.8 Å². The molecule has 0 spiro atoms. The maximum atomic E-state index is 5.67. The molecule has 0 aromatic carbocycles. The van der Waals surface area contributed by atoms with Gasteiger partial charge in [-0.2, -0.15) is 0 Å². The highest BCUT2D eigenvalue weighted by Crippen LogP contribution is 2.30. The summed E-state index contributed by atoms with van der Waals surface area (Å²) in [6.07, 6.45) is 12.9. The molecular formula is C19H41NO2. The maximum absolute atomic E-state index is 5.67. The zero-order valence-corrected chi connectivity index (χ0v) is 15.9. The first kappa shape index (κ1) is 21.9. The predicted octanol–water partition coefficient (Wildman–Crippen LogP) is 5.14. The Kier molecular flexibility index (Phi) is 14.4. The Bertz CT molecular complexity index is 229. The van der Waals surface area contributed by atoms with Gasteiger partial charge in [-0.05, 0) is 39.3 Å². The molecule has 0 aliphatic carbocycles. The Morgan fingerprint density at radius 1 is 0.773 bits per heavy atom. The van der Waals surface area contributed by atoms with Gasteiger partial charge in [-0.25, -0.2) is 0 Å². The molecule has 0 rings (SSSR count). The van der Waals surface area contributed by atoms with Crippen molar-refractivity contribution in [2.45, 2.75) is 90.8 Å². The smallest absolute Gasteiger partial charge is 0.167 e. The van der Waals surface area contributed by atoms with E-state index in [1.165, 1.54) is 57.8 Å². The normalized spacial score (nSPS) is 13.5. The summed E-state index contributed by atoms with van der Waals surface area (Å²) >= 11 is 0. The summed E-state index contributed by atoms with van der Waals surface area (Å²) in [5.41, 5.74) is 0. The molecule has 3 nitrogen and oxygen atoms in total. The Hall–Kier alpha value is -0.120. The van der Waals surface area contributed by atoms with E-state index in [0.29, 0.717) is 5.92 Å². The van der Waals surface area contributed by atoms with E-state index in [9.17, 15) is 0 Å². The van der Waals surface area contributed by atoms with Crippen LogP contribution >= 0.6 is 0 Å². The van der Waals surface area contributed by atoms with Crippen LogP contribution in [0.15, 0.2) is 0 Å². The lowest BCUT2D eigenvalue weighted by molar-refractivity contribution is -0.229. The lowest BCUT2D eigenvalue weighted by atomic mass is 9.89. The Balaban J connectivity index is 4.11. The number of rotatable bonds is 16. The van der Waals surface area contributed by atoms with E-state index in [1.54, 1.807) is 14.2 Å². The SMILES string of the molecule is CCCCCCCCC(CCNCCCC)C(C)(OC)OC. The van der Waals surface area contributed by atoms with Gasteiger partial charge in [-0.3, -0.25) is 0 Å². The molecule has 0 aromatic heterocycles. The third kappa shape index (κ3) is 9.81. The topological polar surface area (TPSA) is 30.5 Å². The average Bonchev–Trinajstić information content (AvgIpc) is 2.55. The molecular weight excluding hydrogens is 274 g/mol. The van der Waals surface area contributed by atoms with E-state index >= 15 is 0 Å². The quantitative estimate of drug-likeness (QED) is 0.316. The molecule has 0 aliphatic rings. The van der Waals surface area contributed by atoms with Crippen LogP contribution in [0.25, 0.3) is 0 Å². The number of methoxy groups -OCH3 is 2. The van der Waals surface area contributed by atoms with Crippen molar-refractivity contribution in [3.05, 3.63) is 0 Å². The van der Waals surface area contributed by atoms with Crippen LogP contribution in [-0.4, -0.2) is 33.1 Å². The van der Waals surface area contributed by atoms with Crippen LogP contribution in [0.1, 0.15) is 85.0 Å². The van der Waals surface area contributed by atoms with Crippen molar-refractivity contribution in [3.8, 4) is 0 Å². The van der Waals surface area contributed by atoms with Gasteiger partial charge in [0.05, 0.1) is 0 Å². The minimum atomic E-state index is -0.449. The van der Waals surface area contributed by atoms with Crippen LogP contribution in [0, 0.1) is 5.92 Å². The first-order chi connectivity index (χ1) is 10.6. The van der Waals surface area contributed by atoms with Gasteiger partial charge in [0.15, 0.2) is 5.79 Å². The molecule has 0 heterocycles. The zero-order chi connectivity index (χ0) is 16.7. The number of nitrogens with one attached hydrogen (secondary N) is 1. The molecule has 1 N–H and O–H groups in total. The van der Waals surface area contributed by atoms with Gasteiger partial charge in [-0.15, -0.1) is 0 Å². The summed E-state index contributed by atoms with van der Waals surface area (Å²) in [5.74, 6) is 0.0124. The van der Waals surface area contributed by atoms with Crippen molar-refractivity contribution in [1.29, 1.82) is 0 Å². The second-order valence-electron chi connectivity index (χ2n) is 6.57. The van der Waals surface area contributed by atoms with E-state index in [0.717, 1.165) is 19.5 Å². The van der Waals surface area contributed by atoms with E-state index in [-0.39, 0.29) is 0 Å². The highest BCUT2D eigenvalue weighted by atomic mass is 16.7. The Morgan fingerprint density at radius 2 is 1.36 bits per heavy atom. The van der Waals surface area contributed by atoms with Crippen molar-refractivity contribution in [2.24, 2.45) is 5.92 Å². The van der Waals surface area contributed by atoms with E-state index in [4.69, 9.17) is 9.47 Å². The van der Waals surface area contributed by atoms with Crippen LogP contribution in [0.4, 0.5) is 0 Å². The lowest BCUT2D eigenvalue weighted by Gasteiger charge is -2.35. The van der Waals surface area contributed by atoms with Gasteiger partial charge in [0.2, 0.25) is 0 Å². The van der Waals surface area contributed by atoms with Gasteiger partial charge in [0.25, 0.3) is 0 Å². The molecule has 0 aliphatic heterocycles. The average molecular weight is 316 g/mol. The highest BCUT2D eigenvalue weighted by molar-refractivity contribution is 4.76. The molecule has 0 amide bonds. The first-order valence-corrected chi connectivity index (χ1v) is 9.45. The molecule has 134 valence electrons. The molecule has 0 radical (unpaired) electrons. The van der Waals surface area contributed by atoms with Gasteiger partial charge in [-0.1, -0.05) is 58.8 Å². The fraction of sp³-hybridized carbons (Fsp3) is 1.00. The summed E-state index contributed by atoms with van der Waals surface area (Å²) in [7, 11) is 3.53. The Labute approximate surface area is 139 Å². The Morgan fingerprint density at radius 3 is 1.95 bits per heavy atom. The fourth-order valence-electron chi connectivity index (χ4n) is 2.96. The van der Waals surface area contributed by atoms with E-state index in [1.807, 2.05) is 0 Å². The summed E-state index contributed by atoms with van der Waals surface area (Å²) in [6, 6.07) is 0. The van der Waals surface area contributed by atoms with E-state index in [2.05, 4.69) is 26.1 Å². The number of unbranched alkanes of at least 4 members (excludes halogenated alkanes) is 6. The summed E-state index contributed by atoms with van der Waals surface area (Å²) < 4.78 is 11.3.